The third kappa shape index (κ3) is 3.70. The van der Waals surface area contributed by atoms with Crippen LogP contribution in [0.4, 0.5) is 5.95 Å². The molecule has 4 nitrogen and oxygen atoms in total. The Balaban J connectivity index is 1.80. The maximum atomic E-state index is 5.52. The zero-order valence-corrected chi connectivity index (χ0v) is 12.0. The Morgan fingerprint density at radius 2 is 2.05 bits per heavy atom. The highest BCUT2D eigenvalue weighted by Gasteiger charge is 2.05. The van der Waals surface area contributed by atoms with Crippen LogP contribution in [0.5, 0.6) is 0 Å². The van der Waals surface area contributed by atoms with Gasteiger partial charge in [-0.15, -0.1) is 0 Å². The van der Waals surface area contributed by atoms with Crippen LogP contribution in [-0.2, 0) is 11.8 Å². The minimum absolute atomic E-state index is 0.327. The van der Waals surface area contributed by atoms with Crippen LogP contribution >= 0.6 is 0 Å². The van der Waals surface area contributed by atoms with Crippen molar-refractivity contribution in [2.45, 2.75) is 32.8 Å². The lowest BCUT2D eigenvalue weighted by atomic mass is 10.3. The van der Waals surface area contributed by atoms with E-state index in [0.717, 1.165) is 43.0 Å². The van der Waals surface area contributed by atoms with Crippen molar-refractivity contribution >= 4 is 17.0 Å². The molecular weight excluding hydrogens is 238 g/mol. The van der Waals surface area contributed by atoms with Gasteiger partial charge in [-0.2, -0.15) is 0 Å². The molecule has 0 aliphatic carbocycles. The maximum Gasteiger partial charge on any atom is 0.203 e. The lowest BCUT2D eigenvalue weighted by Crippen LogP contribution is -2.09. The minimum atomic E-state index is 0.327. The van der Waals surface area contributed by atoms with E-state index in [-0.39, 0.29) is 0 Å². The molecule has 0 saturated heterocycles. The first kappa shape index (κ1) is 13.9. The molecule has 1 N–H and O–H groups in total. The number of aryl methyl sites for hydroxylation is 1. The molecule has 0 aliphatic rings. The molecular formula is C15H23N3O. The van der Waals surface area contributed by atoms with E-state index in [4.69, 9.17) is 4.74 Å². The van der Waals surface area contributed by atoms with E-state index in [9.17, 15) is 0 Å². The third-order valence-electron chi connectivity index (χ3n) is 3.09. The molecule has 0 radical (unpaired) electrons. The smallest absolute Gasteiger partial charge is 0.203 e. The van der Waals surface area contributed by atoms with Crippen molar-refractivity contribution in [1.82, 2.24) is 9.55 Å². The van der Waals surface area contributed by atoms with Gasteiger partial charge in [-0.3, -0.25) is 0 Å². The average molecular weight is 261 g/mol. The monoisotopic (exact) mass is 261 g/mol. The molecule has 0 atom stereocenters. The van der Waals surface area contributed by atoms with E-state index in [1.807, 2.05) is 25.2 Å². The lowest BCUT2D eigenvalue weighted by molar-refractivity contribution is 0.0765. The fraction of sp³-hybridized carbons (Fsp3) is 0.533. The zero-order chi connectivity index (χ0) is 13.7. The van der Waals surface area contributed by atoms with Crippen LogP contribution in [0.2, 0.25) is 0 Å². The molecule has 1 aromatic heterocycles. The first-order chi connectivity index (χ1) is 9.18. The number of ether oxygens (including phenoxy) is 1. The van der Waals surface area contributed by atoms with Gasteiger partial charge in [0, 0.05) is 20.2 Å². The van der Waals surface area contributed by atoms with Gasteiger partial charge in [-0.05, 0) is 38.8 Å². The van der Waals surface area contributed by atoms with Crippen LogP contribution in [0.3, 0.4) is 0 Å². The molecule has 2 aromatic rings. The molecule has 0 unspecified atom stereocenters. The van der Waals surface area contributed by atoms with Crippen LogP contribution in [-0.4, -0.2) is 28.8 Å². The molecule has 0 spiro atoms. The summed E-state index contributed by atoms with van der Waals surface area (Å²) in [6.45, 7) is 5.90. The predicted molar refractivity (Wildman–Crippen MR) is 79.5 cm³/mol. The number of hydrogen-bond donors (Lipinski definition) is 1. The minimum Gasteiger partial charge on any atom is -0.379 e. The summed E-state index contributed by atoms with van der Waals surface area (Å²) in [4.78, 5) is 4.58. The second-order valence-corrected chi connectivity index (χ2v) is 5.04. The Morgan fingerprint density at radius 1 is 1.26 bits per heavy atom. The standard InChI is InChI=1S/C15H23N3O/c1-12(2)19-11-7-6-10-16-15-17-13-8-4-5-9-14(13)18(15)3/h4-5,8-9,12H,6-7,10-11H2,1-3H3,(H,16,17). The molecule has 104 valence electrons. The number of fused-ring (bicyclic) bond motifs is 1. The molecule has 2 rings (SSSR count). The van der Waals surface area contributed by atoms with E-state index in [1.54, 1.807) is 0 Å². The molecule has 1 heterocycles. The highest BCUT2D eigenvalue weighted by Crippen LogP contribution is 2.17. The van der Waals surface area contributed by atoms with Gasteiger partial charge in [-0.1, -0.05) is 12.1 Å². The van der Waals surface area contributed by atoms with Crippen molar-refractivity contribution in [3.63, 3.8) is 0 Å². The van der Waals surface area contributed by atoms with E-state index in [2.05, 4.69) is 34.8 Å². The predicted octanol–water partition coefficient (Wildman–Crippen LogP) is 3.19. The summed E-state index contributed by atoms with van der Waals surface area (Å²) in [7, 11) is 2.04. The molecule has 4 heteroatoms. The number of imidazole rings is 1. The fourth-order valence-corrected chi connectivity index (χ4v) is 2.05. The van der Waals surface area contributed by atoms with Crippen LogP contribution in [0.25, 0.3) is 11.0 Å². The quantitative estimate of drug-likeness (QED) is 0.778. The molecule has 0 aliphatic heterocycles. The van der Waals surface area contributed by atoms with Crippen molar-refractivity contribution in [2.75, 3.05) is 18.5 Å². The van der Waals surface area contributed by atoms with Crippen molar-refractivity contribution in [3.05, 3.63) is 24.3 Å². The first-order valence-corrected chi connectivity index (χ1v) is 6.95. The Labute approximate surface area is 114 Å². The third-order valence-corrected chi connectivity index (χ3v) is 3.09. The molecule has 0 saturated carbocycles. The largest absolute Gasteiger partial charge is 0.379 e. The Morgan fingerprint density at radius 3 is 2.79 bits per heavy atom. The van der Waals surface area contributed by atoms with E-state index < -0.39 is 0 Å². The second kappa shape index (κ2) is 6.57. The molecule has 1 aromatic carbocycles. The second-order valence-electron chi connectivity index (χ2n) is 5.04. The van der Waals surface area contributed by atoms with Gasteiger partial charge >= 0.3 is 0 Å². The number of nitrogens with zero attached hydrogens (tertiary/aromatic N) is 2. The van der Waals surface area contributed by atoms with E-state index in [1.165, 1.54) is 0 Å². The van der Waals surface area contributed by atoms with Crippen LogP contribution in [0, 0.1) is 0 Å². The number of para-hydroxylation sites is 2. The Kier molecular flexibility index (Phi) is 4.80. The van der Waals surface area contributed by atoms with Gasteiger partial charge in [0.25, 0.3) is 0 Å². The van der Waals surface area contributed by atoms with Gasteiger partial charge in [0.1, 0.15) is 0 Å². The topological polar surface area (TPSA) is 39.1 Å². The lowest BCUT2D eigenvalue weighted by Gasteiger charge is -2.08. The summed E-state index contributed by atoms with van der Waals surface area (Å²) in [5.41, 5.74) is 2.20. The Bertz CT molecular complexity index is 519. The number of aromatic nitrogens is 2. The summed E-state index contributed by atoms with van der Waals surface area (Å²) < 4.78 is 7.61. The SMILES string of the molecule is CC(C)OCCCCNc1nc2ccccc2n1C. The number of hydrogen-bond acceptors (Lipinski definition) is 3. The van der Waals surface area contributed by atoms with Crippen molar-refractivity contribution in [3.8, 4) is 0 Å². The highest BCUT2D eigenvalue weighted by molar-refractivity contribution is 5.78. The fourth-order valence-electron chi connectivity index (χ4n) is 2.05. The van der Waals surface area contributed by atoms with Gasteiger partial charge < -0.3 is 14.6 Å². The van der Waals surface area contributed by atoms with Gasteiger partial charge in [0.05, 0.1) is 17.1 Å². The molecule has 0 fully saturated rings. The molecule has 19 heavy (non-hydrogen) atoms. The highest BCUT2D eigenvalue weighted by atomic mass is 16.5. The van der Waals surface area contributed by atoms with Gasteiger partial charge in [0.2, 0.25) is 5.95 Å². The number of anilines is 1. The Hall–Kier alpha value is -1.55. The number of benzene rings is 1. The van der Waals surface area contributed by atoms with Crippen molar-refractivity contribution in [1.29, 1.82) is 0 Å². The molecule has 0 amide bonds. The van der Waals surface area contributed by atoms with Crippen molar-refractivity contribution < 1.29 is 4.74 Å². The summed E-state index contributed by atoms with van der Waals surface area (Å²) in [6.07, 6.45) is 2.50. The van der Waals surface area contributed by atoms with Crippen molar-refractivity contribution in [2.24, 2.45) is 7.05 Å². The average Bonchev–Trinajstić information content (AvgIpc) is 2.71. The summed E-state index contributed by atoms with van der Waals surface area (Å²) in [5.74, 6) is 0.936. The van der Waals surface area contributed by atoms with Crippen LogP contribution in [0.1, 0.15) is 26.7 Å². The van der Waals surface area contributed by atoms with E-state index in [0.29, 0.717) is 6.10 Å². The zero-order valence-electron chi connectivity index (χ0n) is 12.0. The summed E-state index contributed by atoms with van der Waals surface area (Å²) in [6, 6.07) is 8.18. The first-order valence-electron chi connectivity index (χ1n) is 6.95. The number of rotatable bonds is 7. The maximum absolute atomic E-state index is 5.52. The normalized spacial score (nSPS) is 11.4. The summed E-state index contributed by atoms with van der Waals surface area (Å²) in [5, 5.41) is 3.39. The van der Waals surface area contributed by atoms with E-state index >= 15 is 0 Å². The number of nitrogens with one attached hydrogen (secondary N) is 1. The number of unbranched alkanes of at least 4 members (excludes halogenated alkanes) is 1. The van der Waals surface area contributed by atoms with Gasteiger partial charge in [0.15, 0.2) is 0 Å². The van der Waals surface area contributed by atoms with Crippen LogP contribution < -0.4 is 5.32 Å². The molecule has 0 bridgehead atoms. The van der Waals surface area contributed by atoms with Crippen LogP contribution in [0.15, 0.2) is 24.3 Å². The van der Waals surface area contributed by atoms with Gasteiger partial charge in [-0.25, -0.2) is 4.98 Å². The summed E-state index contributed by atoms with van der Waals surface area (Å²) >= 11 is 0.